The monoisotopic (exact) mass is 436 g/mol. The molecule has 1 aliphatic heterocycles. The molecular weight excluding hydrogens is 412 g/mol. The topological polar surface area (TPSA) is 83.7 Å². The highest BCUT2D eigenvalue weighted by Gasteiger charge is 2.19. The third kappa shape index (κ3) is 4.36. The molecule has 4 aromatic rings. The molecule has 0 aromatic carbocycles. The molecular formula is C21H24N8OS. The summed E-state index contributed by atoms with van der Waals surface area (Å²) >= 11 is 1.52. The number of pyridine rings is 2. The maximum atomic E-state index is 5.46. The van der Waals surface area contributed by atoms with Crippen molar-refractivity contribution < 1.29 is 4.74 Å². The highest BCUT2D eigenvalue weighted by atomic mass is 32.1. The van der Waals surface area contributed by atoms with Crippen LogP contribution >= 0.6 is 11.3 Å². The van der Waals surface area contributed by atoms with E-state index in [-0.39, 0.29) is 0 Å². The summed E-state index contributed by atoms with van der Waals surface area (Å²) in [6.45, 7) is 6.97. The fraction of sp³-hybridized carbons (Fsp3) is 0.333. The van der Waals surface area contributed by atoms with Crippen molar-refractivity contribution in [3.8, 4) is 11.3 Å². The number of rotatable bonds is 7. The zero-order valence-corrected chi connectivity index (χ0v) is 18.1. The maximum Gasteiger partial charge on any atom is 0.214 e. The van der Waals surface area contributed by atoms with Gasteiger partial charge in [0.15, 0.2) is 0 Å². The predicted molar refractivity (Wildman–Crippen MR) is 121 cm³/mol. The number of hydrazine groups is 1. The van der Waals surface area contributed by atoms with Gasteiger partial charge in [0.1, 0.15) is 5.82 Å². The molecule has 0 aliphatic carbocycles. The zero-order chi connectivity index (χ0) is 21.0. The lowest BCUT2D eigenvalue weighted by Gasteiger charge is -2.37. The normalized spacial score (nSPS) is 14.7. The lowest BCUT2D eigenvalue weighted by atomic mass is 10.2. The number of ether oxygens (including phenoxy) is 1. The van der Waals surface area contributed by atoms with E-state index >= 15 is 0 Å². The highest BCUT2D eigenvalue weighted by molar-refractivity contribution is 7.20. The molecule has 0 atom stereocenters. The Morgan fingerprint density at radius 1 is 1.19 bits per heavy atom. The third-order valence-electron chi connectivity index (χ3n) is 5.15. The Morgan fingerprint density at radius 3 is 2.81 bits per heavy atom. The fourth-order valence-corrected chi connectivity index (χ4v) is 4.36. The average molecular weight is 437 g/mol. The summed E-state index contributed by atoms with van der Waals surface area (Å²) in [7, 11) is 0. The predicted octanol–water partition coefficient (Wildman–Crippen LogP) is 2.93. The van der Waals surface area contributed by atoms with Crippen molar-refractivity contribution in [2.24, 2.45) is 0 Å². The van der Waals surface area contributed by atoms with Gasteiger partial charge in [-0.2, -0.15) is 0 Å². The number of nitrogens with one attached hydrogen (secondary N) is 1. The van der Waals surface area contributed by atoms with Gasteiger partial charge in [-0.1, -0.05) is 17.4 Å². The van der Waals surface area contributed by atoms with E-state index in [0.29, 0.717) is 6.54 Å². The third-order valence-corrected chi connectivity index (χ3v) is 6.03. The van der Waals surface area contributed by atoms with E-state index in [1.165, 1.54) is 11.3 Å². The number of anilines is 2. The van der Waals surface area contributed by atoms with E-state index in [1.807, 2.05) is 35.2 Å². The minimum atomic E-state index is 0.680. The number of nitrogens with zero attached hydrogens (tertiary/aromatic N) is 7. The SMILES string of the molecule is CCN(c1ccc(-c2cn3nc(NCc4cccnc4)sc3n2)cn1)N1CCOCC1. The summed E-state index contributed by atoms with van der Waals surface area (Å²) in [5.74, 6) is 0.939. The van der Waals surface area contributed by atoms with Crippen LogP contribution in [0.4, 0.5) is 10.9 Å². The molecule has 9 nitrogen and oxygen atoms in total. The smallest absolute Gasteiger partial charge is 0.214 e. The summed E-state index contributed by atoms with van der Waals surface area (Å²) in [6.07, 6.45) is 7.44. The molecule has 31 heavy (non-hydrogen) atoms. The van der Waals surface area contributed by atoms with Gasteiger partial charge in [-0.05, 0) is 30.7 Å². The first-order chi connectivity index (χ1) is 15.3. The maximum absolute atomic E-state index is 5.46. The van der Waals surface area contributed by atoms with Crippen LogP contribution in [0.1, 0.15) is 12.5 Å². The Balaban J connectivity index is 1.28. The molecule has 0 bridgehead atoms. The zero-order valence-electron chi connectivity index (χ0n) is 17.3. The minimum Gasteiger partial charge on any atom is -0.379 e. The summed E-state index contributed by atoms with van der Waals surface area (Å²) in [6, 6.07) is 8.08. The first-order valence-corrected chi connectivity index (χ1v) is 11.2. The van der Waals surface area contributed by atoms with Crippen LogP contribution in [0.5, 0.6) is 0 Å². The first kappa shape index (κ1) is 19.9. The van der Waals surface area contributed by atoms with Gasteiger partial charge in [0.2, 0.25) is 10.1 Å². The number of morpholine rings is 1. The van der Waals surface area contributed by atoms with Crippen LogP contribution in [0.2, 0.25) is 0 Å². The van der Waals surface area contributed by atoms with Crippen molar-refractivity contribution in [1.29, 1.82) is 0 Å². The number of hydrogen-bond donors (Lipinski definition) is 1. The number of imidazole rings is 1. The standard InChI is InChI=1S/C21H24N8OS/c1-2-29(27-8-10-30-11-9-27)19-6-5-17(14-23-19)18-15-28-21(25-18)31-20(26-28)24-13-16-4-3-7-22-12-16/h3-7,12,14-15H,2,8-11,13H2,1H3,(H,24,26). The quantitative estimate of drug-likeness (QED) is 0.473. The van der Waals surface area contributed by atoms with Crippen LogP contribution in [0.3, 0.4) is 0 Å². The van der Waals surface area contributed by atoms with Gasteiger partial charge in [0.05, 0.1) is 25.1 Å². The molecule has 1 N–H and O–H groups in total. The van der Waals surface area contributed by atoms with Crippen LogP contribution in [-0.2, 0) is 11.3 Å². The van der Waals surface area contributed by atoms with E-state index in [9.17, 15) is 0 Å². The van der Waals surface area contributed by atoms with E-state index in [1.54, 1.807) is 6.20 Å². The van der Waals surface area contributed by atoms with Crippen LogP contribution < -0.4 is 10.3 Å². The van der Waals surface area contributed by atoms with Crippen molar-refractivity contribution in [2.75, 3.05) is 43.2 Å². The number of aromatic nitrogens is 5. The first-order valence-electron chi connectivity index (χ1n) is 10.4. The summed E-state index contributed by atoms with van der Waals surface area (Å²) < 4.78 is 7.27. The van der Waals surface area contributed by atoms with Crippen molar-refractivity contribution >= 4 is 27.2 Å². The molecule has 0 saturated carbocycles. The van der Waals surface area contributed by atoms with Crippen LogP contribution in [-0.4, -0.2) is 62.4 Å². The largest absolute Gasteiger partial charge is 0.379 e. The van der Waals surface area contributed by atoms with Crippen LogP contribution in [0, 0.1) is 0 Å². The van der Waals surface area contributed by atoms with Gasteiger partial charge < -0.3 is 10.1 Å². The molecule has 0 amide bonds. The van der Waals surface area contributed by atoms with E-state index < -0.39 is 0 Å². The summed E-state index contributed by atoms with van der Waals surface area (Å²) in [4.78, 5) is 14.4. The van der Waals surface area contributed by atoms with Crippen molar-refractivity contribution in [3.05, 3.63) is 54.6 Å². The van der Waals surface area contributed by atoms with E-state index in [2.05, 4.69) is 44.5 Å². The van der Waals surface area contributed by atoms with Gasteiger partial charge >= 0.3 is 0 Å². The molecule has 1 saturated heterocycles. The van der Waals surface area contributed by atoms with Gasteiger partial charge in [-0.15, -0.1) is 5.10 Å². The van der Waals surface area contributed by atoms with Gasteiger partial charge in [-0.25, -0.2) is 19.5 Å². The second-order valence-corrected chi connectivity index (χ2v) is 8.12. The number of fused-ring (bicyclic) bond motifs is 1. The Hall–Kier alpha value is -3.08. The van der Waals surface area contributed by atoms with Gasteiger partial charge in [0.25, 0.3) is 0 Å². The molecule has 5 rings (SSSR count). The number of hydrogen-bond acceptors (Lipinski definition) is 9. The van der Waals surface area contributed by atoms with Crippen LogP contribution in [0.25, 0.3) is 16.2 Å². The Morgan fingerprint density at radius 2 is 2.10 bits per heavy atom. The summed E-state index contributed by atoms with van der Waals surface area (Å²) in [5, 5.41) is 13.2. The average Bonchev–Trinajstić information content (AvgIpc) is 3.39. The van der Waals surface area contributed by atoms with Gasteiger partial charge in [-0.3, -0.25) is 9.99 Å². The lowest BCUT2D eigenvalue weighted by molar-refractivity contribution is 0.0318. The van der Waals surface area contributed by atoms with Gasteiger partial charge in [0, 0.05) is 50.3 Å². The molecule has 1 aliphatic rings. The highest BCUT2D eigenvalue weighted by Crippen LogP contribution is 2.26. The molecule has 160 valence electrons. The lowest BCUT2D eigenvalue weighted by Crippen LogP contribution is -2.49. The minimum absolute atomic E-state index is 0.680. The molecule has 5 heterocycles. The Kier molecular flexibility index (Phi) is 5.74. The van der Waals surface area contributed by atoms with Crippen LogP contribution in [0.15, 0.2) is 49.1 Å². The van der Waals surface area contributed by atoms with E-state index in [4.69, 9.17) is 14.7 Å². The Bertz CT molecular complexity index is 1090. The molecule has 1 fully saturated rings. The fourth-order valence-electron chi connectivity index (χ4n) is 3.58. The second-order valence-electron chi connectivity index (χ2n) is 7.16. The summed E-state index contributed by atoms with van der Waals surface area (Å²) in [5.41, 5.74) is 2.95. The molecule has 10 heteroatoms. The second kappa shape index (κ2) is 8.96. The van der Waals surface area contributed by atoms with Crippen molar-refractivity contribution in [2.45, 2.75) is 13.5 Å². The molecule has 4 aromatic heterocycles. The van der Waals surface area contributed by atoms with Crippen molar-refractivity contribution in [1.82, 2.24) is 29.6 Å². The van der Waals surface area contributed by atoms with E-state index in [0.717, 1.165) is 65.6 Å². The molecule has 0 radical (unpaired) electrons. The molecule has 0 spiro atoms. The Labute approximate surface area is 184 Å². The molecule has 0 unspecified atom stereocenters. The van der Waals surface area contributed by atoms with Crippen molar-refractivity contribution in [3.63, 3.8) is 0 Å².